The summed E-state index contributed by atoms with van der Waals surface area (Å²) in [6.45, 7) is 0. The standard InChI is InChI=1S/C19H11ClN2O2/c20-14-8-6-13(7-9-14)19-22-18-17(24-19)15(10-11-21-18)16(23)12-4-2-1-3-5-12/h1-11H. The Kier molecular flexibility index (Phi) is 3.59. The molecule has 2 heterocycles. The lowest BCUT2D eigenvalue weighted by atomic mass is 10.0. The van der Waals surface area contributed by atoms with Crippen LogP contribution in [0.15, 0.2) is 71.3 Å². The Morgan fingerprint density at radius 2 is 1.71 bits per heavy atom. The number of pyridine rings is 1. The third-order valence-electron chi connectivity index (χ3n) is 3.66. The summed E-state index contributed by atoms with van der Waals surface area (Å²) in [5.74, 6) is 0.282. The minimum absolute atomic E-state index is 0.123. The molecule has 4 rings (SSSR count). The van der Waals surface area contributed by atoms with Crippen molar-refractivity contribution in [2.45, 2.75) is 0 Å². The number of benzene rings is 2. The molecule has 0 amide bonds. The molecule has 2 aromatic heterocycles. The van der Waals surface area contributed by atoms with Gasteiger partial charge in [-0.1, -0.05) is 41.9 Å². The minimum Gasteiger partial charge on any atom is -0.434 e. The van der Waals surface area contributed by atoms with Crippen LogP contribution in [0.2, 0.25) is 5.02 Å². The Bertz CT molecular complexity index is 1020. The molecule has 0 unspecified atom stereocenters. The van der Waals surface area contributed by atoms with E-state index in [0.717, 1.165) is 5.56 Å². The fourth-order valence-electron chi connectivity index (χ4n) is 2.47. The van der Waals surface area contributed by atoms with Crippen molar-refractivity contribution in [1.29, 1.82) is 0 Å². The van der Waals surface area contributed by atoms with E-state index in [2.05, 4.69) is 9.97 Å². The first kappa shape index (κ1) is 14.6. The predicted molar refractivity (Wildman–Crippen MR) is 92.1 cm³/mol. The molecule has 2 aromatic carbocycles. The number of oxazole rings is 1. The average Bonchev–Trinajstić information content (AvgIpc) is 3.06. The van der Waals surface area contributed by atoms with Gasteiger partial charge in [-0.05, 0) is 30.3 Å². The number of ketones is 1. The molecule has 4 nitrogen and oxygen atoms in total. The Hall–Kier alpha value is -2.98. The van der Waals surface area contributed by atoms with Gasteiger partial charge < -0.3 is 4.42 Å². The predicted octanol–water partition coefficient (Wildman–Crippen LogP) is 4.77. The van der Waals surface area contributed by atoms with Crippen LogP contribution in [-0.2, 0) is 0 Å². The van der Waals surface area contributed by atoms with Crippen molar-refractivity contribution in [3.63, 3.8) is 0 Å². The molecule has 0 aliphatic heterocycles. The van der Waals surface area contributed by atoms with Gasteiger partial charge in [0, 0.05) is 22.3 Å². The zero-order valence-electron chi connectivity index (χ0n) is 12.4. The first-order chi connectivity index (χ1) is 11.7. The maximum atomic E-state index is 12.7. The Balaban J connectivity index is 1.83. The van der Waals surface area contributed by atoms with Crippen molar-refractivity contribution in [3.8, 4) is 11.5 Å². The summed E-state index contributed by atoms with van der Waals surface area (Å²) in [5.41, 5.74) is 2.60. The molecule has 0 atom stereocenters. The SMILES string of the molecule is O=C(c1ccccc1)c1ccnc2nc(-c3ccc(Cl)cc3)oc12. The maximum Gasteiger partial charge on any atom is 0.228 e. The lowest BCUT2D eigenvalue weighted by molar-refractivity contribution is 0.103. The number of halogens is 1. The largest absolute Gasteiger partial charge is 0.434 e. The average molecular weight is 335 g/mol. The van der Waals surface area contributed by atoms with Crippen LogP contribution in [0.4, 0.5) is 0 Å². The molecular weight excluding hydrogens is 324 g/mol. The Morgan fingerprint density at radius 1 is 0.958 bits per heavy atom. The highest BCUT2D eigenvalue weighted by Crippen LogP contribution is 2.27. The third-order valence-corrected chi connectivity index (χ3v) is 3.92. The molecule has 0 aliphatic carbocycles. The van der Waals surface area contributed by atoms with Gasteiger partial charge in [-0.3, -0.25) is 4.79 Å². The van der Waals surface area contributed by atoms with Gasteiger partial charge >= 0.3 is 0 Å². The van der Waals surface area contributed by atoms with E-state index < -0.39 is 0 Å². The number of nitrogens with zero attached hydrogens (tertiary/aromatic N) is 2. The molecule has 4 aromatic rings. The highest BCUT2D eigenvalue weighted by atomic mass is 35.5. The monoisotopic (exact) mass is 334 g/mol. The maximum absolute atomic E-state index is 12.7. The Labute approximate surface area is 142 Å². The summed E-state index contributed by atoms with van der Waals surface area (Å²) in [5, 5.41) is 0.632. The van der Waals surface area contributed by atoms with Crippen molar-refractivity contribution >= 4 is 28.6 Å². The van der Waals surface area contributed by atoms with Gasteiger partial charge in [0.1, 0.15) is 0 Å². The summed E-state index contributed by atoms with van der Waals surface area (Å²) >= 11 is 5.90. The van der Waals surface area contributed by atoms with E-state index in [0.29, 0.717) is 33.3 Å². The van der Waals surface area contributed by atoms with E-state index in [9.17, 15) is 4.79 Å². The van der Waals surface area contributed by atoms with Gasteiger partial charge in [0.2, 0.25) is 5.89 Å². The fourth-order valence-corrected chi connectivity index (χ4v) is 2.60. The number of carbonyl (C=O) groups is 1. The summed E-state index contributed by atoms with van der Waals surface area (Å²) in [6, 6.07) is 17.8. The highest BCUT2D eigenvalue weighted by Gasteiger charge is 2.18. The van der Waals surface area contributed by atoms with Crippen molar-refractivity contribution in [2.75, 3.05) is 0 Å². The number of carbonyl (C=O) groups excluding carboxylic acids is 1. The van der Waals surface area contributed by atoms with E-state index in [1.54, 1.807) is 36.5 Å². The van der Waals surface area contributed by atoms with Crippen LogP contribution < -0.4 is 0 Å². The molecule has 0 N–H and O–H groups in total. The van der Waals surface area contributed by atoms with Crippen LogP contribution in [0.1, 0.15) is 15.9 Å². The van der Waals surface area contributed by atoms with Crippen molar-refractivity contribution < 1.29 is 9.21 Å². The molecule has 0 saturated heterocycles. The second kappa shape index (κ2) is 5.91. The molecule has 0 spiro atoms. The molecule has 0 radical (unpaired) electrons. The van der Waals surface area contributed by atoms with Crippen LogP contribution in [0.25, 0.3) is 22.7 Å². The van der Waals surface area contributed by atoms with E-state index >= 15 is 0 Å². The number of aromatic nitrogens is 2. The quantitative estimate of drug-likeness (QED) is 0.506. The summed E-state index contributed by atoms with van der Waals surface area (Å²) in [4.78, 5) is 21.3. The topological polar surface area (TPSA) is 56.0 Å². The van der Waals surface area contributed by atoms with Crippen LogP contribution >= 0.6 is 11.6 Å². The van der Waals surface area contributed by atoms with Gasteiger partial charge in [-0.2, -0.15) is 4.98 Å². The molecule has 0 saturated carbocycles. The number of hydrogen-bond acceptors (Lipinski definition) is 4. The first-order valence-corrected chi connectivity index (χ1v) is 7.71. The normalized spacial score (nSPS) is 10.9. The number of hydrogen-bond donors (Lipinski definition) is 0. The molecule has 116 valence electrons. The molecule has 0 aliphatic rings. The van der Waals surface area contributed by atoms with E-state index in [-0.39, 0.29) is 5.78 Å². The highest BCUT2D eigenvalue weighted by molar-refractivity contribution is 6.30. The number of fused-ring (bicyclic) bond motifs is 1. The summed E-state index contributed by atoms with van der Waals surface area (Å²) < 4.78 is 5.83. The first-order valence-electron chi connectivity index (χ1n) is 7.33. The van der Waals surface area contributed by atoms with Crippen LogP contribution in [0.5, 0.6) is 0 Å². The summed E-state index contributed by atoms with van der Waals surface area (Å²) in [6.07, 6.45) is 1.56. The van der Waals surface area contributed by atoms with E-state index in [1.807, 2.05) is 30.3 Å². The molecule has 5 heteroatoms. The Morgan fingerprint density at radius 3 is 2.46 bits per heavy atom. The zero-order valence-corrected chi connectivity index (χ0v) is 13.2. The second-order valence-corrected chi connectivity index (χ2v) is 5.67. The van der Waals surface area contributed by atoms with Gasteiger partial charge in [0.25, 0.3) is 0 Å². The van der Waals surface area contributed by atoms with E-state index in [4.69, 9.17) is 16.0 Å². The van der Waals surface area contributed by atoms with Crippen LogP contribution in [-0.4, -0.2) is 15.8 Å². The molecule has 0 bridgehead atoms. The summed E-state index contributed by atoms with van der Waals surface area (Å²) in [7, 11) is 0. The minimum atomic E-state index is -0.123. The van der Waals surface area contributed by atoms with Crippen molar-refractivity contribution in [3.05, 3.63) is 83.0 Å². The van der Waals surface area contributed by atoms with Crippen LogP contribution in [0.3, 0.4) is 0 Å². The zero-order chi connectivity index (χ0) is 16.5. The van der Waals surface area contributed by atoms with Gasteiger partial charge in [0.15, 0.2) is 17.0 Å². The van der Waals surface area contributed by atoms with Crippen molar-refractivity contribution in [1.82, 2.24) is 9.97 Å². The number of rotatable bonds is 3. The van der Waals surface area contributed by atoms with Gasteiger partial charge in [0.05, 0.1) is 5.56 Å². The van der Waals surface area contributed by atoms with Gasteiger partial charge in [-0.15, -0.1) is 0 Å². The lowest BCUT2D eigenvalue weighted by Crippen LogP contribution is -2.01. The van der Waals surface area contributed by atoms with Gasteiger partial charge in [-0.25, -0.2) is 4.98 Å². The van der Waals surface area contributed by atoms with Crippen molar-refractivity contribution in [2.24, 2.45) is 0 Å². The fraction of sp³-hybridized carbons (Fsp3) is 0. The van der Waals surface area contributed by atoms with E-state index in [1.165, 1.54) is 0 Å². The smallest absolute Gasteiger partial charge is 0.228 e. The molecule has 0 fully saturated rings. The second-order valence-electron chi connectivity index (χ2n) is 5.23. The molecular formula is C19H11ClN2O2. The van der Waals surface area contributed by atoms with Crippen LogP contribution in [0, 0.1) is 0 Å². The third kappa shape index (κ3) is 2.57. The lowest BCUT2D eigenvalue weighted by Gasteiger charge is -2.00. The molecule has 24 heavy (non-hydrogen) atoms.